The van der Waals surface area contributed by atoms with E-state index < -0.39 is 5.41 Å². The van der Waals surface area contributed by atoms with Crippen molar-refractivity contribution in [2.75, 3.05) is 7.11 Å². The minimum absolute atomic E-state index is 0.111. The minimum atomic E-state index is -0.406. The Bertz CT molecular complexity index is 366. The third-order valence-corrected chi connectivity index (χ3v) is 5.32. The molecule has 0 radical (unpaired) electrons. The number of alkyl halides is 1. The number of ether oxygens (including phenoxy) is 1. The molecule has 0 aliphatic heterocycles. The SMILES string of the molecule is COC(=O)[C@]1(c2ccccc2)[C@H](C)[C@@H]1I. The van der Waals surface area contributed by atoms with Gasteiger partial charge in [-0.1, -0.05) is 59.8 Å². The van der Waals surface area contributed by atoms with Crippen LogP contribution < -0.4 is 0 Å². The average molecular weight is 316 g/mol. The second-order valence-corrected chi connectivity index (χ2v) is 5.26. The molecule has 0 bridgehead atoms. The van der Waals surface area contributed by atoms with Crippen molar-refractivity contribution in [1.82, 2.24) is 0 Å². The predicted octanol–water partition coefficient (Wildman–Crippen LogP) is 2.55. The van der Waals surface area contributed by atoms with Crippen molar-refractivity contribution in [2.45, 2.75) is 16.3 Å². The van der Waals surface area contributed by atoms with Gasteiger partial charge in [-0.05, 0) is 11.5 Å². The zero-order valence-corrected chi connectivity index (χ0v) is 10.9. The Kier molecular flexibility index (Phi) is 2.75. The zero-order chi connectivity index (χ0) is 11.1. The second kappa shape index (κ2) is 3.77. The molecule has 3 heteroatoms. The van der Waals surface area contributed by atoms with Crippen LogP contribution in [0.1, 0.15) is 12.5 Å². The van der Waals surface area contributed by atoms with Gasteiger partial charge >= 0.3 is 5.97 Å². The third kappa shape index (κ3) is 1.40. The van der Waals surface area contributed by atoms with Gasteiger partial charge in [-0.15, -0.1) is 0 Å². The highest BCUT2D eigenvalue weighted by Gasteiger charge is 2.68. The van der Waals surface area contributed by atoms with Crippen molar-refractivity contribution in [3.63, 3.8) is 0 Å². The van der Waals surface area contributed by atoms with Gasteiger partial charge in [0, 0.05) is 3.92 Å². The minimum Gasteiger partial charge on any atom is -0.468 e. The molecule has 3 atom stereocenters. The number of carbonyl (C=O) groups excluding carboxylic acids is 1. The monoisotopic (exact) mass is 316 g/mol. The van der Waals surface area contributed by atoms with Gasteiger partial charge in [-0.2, -0.15) is 0 Å². The summed E-state index contributed by atoms with van der Waals surface area (Å²) in [6.07, 6.45) is 0. The smallest absolute Gasteiger partial charge is 0.317 e. The molecule has 1 aliphatic carbocycles. The van der Waals surface area contributed by atoms with Crippen molar-refractivity contribution in [1.29, 1.82) is 0 Å². The van der Waals surface area contributed by atoms with E-state index >= 15 is 0 Å². The molecular weight excluding hydrogens is 303 g/mol. The van der Waals surface area contributed by atoms with E-state index in [4.69, 9.17) is 4.74 Å². The Balaban J connectivity index is 2.43. The molecule has 1 aromatic carbocycles. The molecule has 1 saturated carbocycles. The van der Waals surface area contributed by atoms with E-state index in [9.17, 15) is 4.79 Å². The summed E-state index contributed by atoms with van der Waals surface area (Å²) in [5.41, 5.74) is 0.667. The van der Waals surface area contributed by atoms with Gasteiger partial charge in [-0.25, -0.2) is 0 Å². The lowest BCUT2D eigenvalue weighted by molar-refractivity contribution is -0.144. The maximum Gasteiger partial charge on any atom is 0.317 e. The molecule has 0 aromatic heterocycles. The van der Waals surface area contributed by atoms with Gasteiger partial charge in [-0.3, -0.25) is 4.79 Å². The number of methoxy groups -OCH3 is 1. The maximum absolute atomic E-state index is 11.9. The number of hydrogen-bond acceptors (Lipinski definition) is 2. The zero-order valence-electron chi connectivity index (χ0n) is 8.74. The largest absolute Gasteiger partial charge is 0.468 e. The van der Waals surface area contributed by atoms with Gasteiger partial charge in [0.15, 0.2) is 0 Å². The van der Waals surface area contributed by atoms with Crippen LogP contribution in [0.5, 0.6) is 0 Å². The Morgan fingerprint density at radius 1 is 1.40 bits per heavy atom. The van der Waals surface area contributed by atoms with E-state index in [2.05, 4.69) is 29.5 Å². The molecule has 15 heavy (non-hydrogen) atoms. The van der Waals surface area contributed by atoms with E-state index in [0.29, 0.717) is 9.84 Å². The first-order chi connectivity index (χ1) is 7.15. The standard InChI is InChI=1S/C12H13IO2/c1-8-10(13)12(8,11(14)15-2)9-6-4-3-5-7-9/h3-8,10H,1-2H3/t8-,10+,12+/m1/s1. The molecule has 0 amide bonds. The highest BCUT2D eigenvalue weighted by atomic mass is 127. The summed E-state index contributed by atoms with van der Waals surface area (Å²) in [6, 6.07) is 9.91. The fraction of sp³-hybridized carbons (Fsp3) is 0.417. The van der Waals surface area contributed by atoms with Crippen LogP contribution >= 0.6 is 22.6 Å². The highest BCUT2D eigenvalue weighted by Crippen LogP contribution is 2.59. The molecule has 1 fully saturated rings. The summed E-state index contributed by atoms with van der Waals surface area (Å²) >= 11 is 2.34. The summed E-state index contributed by atoms with van der Waals surface area (Å²) in [5, 5.41) is 0. The Labute approximate surface area is 103 Å². The van der Waals surface area contributed by atoms with Gasteiger partial charge < -0.3 is 4.74 Å². The van der Waals surface area contributed by atoms with Crippen LogP contribution in [-0.4, -0.2) is 17.0 Å². The molecule has 2 rings (SSSR count). The number of rotatable bonds is 2. The van der Waals surface area contributed by atoms with Crippen LogP contribution in [0.4, 0.5) is 0 Å². The second-order valence-electron chi connectivity index (χ2n) is 3.92. The first-order valence-electron chi connectivity index (χ1n) is 4.93. The lowest BCUT2D eigenvalue weighted by Crippen LogP contribution is -2.26. The summed E-state index contributed by atoms with van der Waals surface area (Å²) < 4.78 is 5.27. The number of esters is 1. The normalized spacial score (nSPS) is 33.5. The first-order valence-corrected chi connectivity index (χ1v) is 6.18. The van der Waals surface area contributed by atoms with Crippen LogP contribution in [0.2, 0.25) is 0 Å². The third-order valence-electron chi connectivity index (χ3n) is 3.26. The predicted molar refractivity (Wildman–Crippen MR) is 67.1 cm³/mol. The molecule has 1 aliphatic rings. The first kappa shape index (κ1) is 10.9. The molecule has 2 nitrogen and oxygen atoms in total. The summed E-state index contributed by atoms with van der Waals surface area (Å²) in [5.74, 6) is 0.244. The Hall–Kier alpha value is -0.580. The number of halogens is 1. The van der Waals surface area contributed by atoms with Gasteiger partial charge in [0.05, 0.1) is 7.11 Å². The lowest BCUT2D eigenvalue weighted by Gasteiger charge is -2.14. The van der Waals surface area contributed by atoms with Gasteiger partial charge in [0.2, 0.25) is 0 Å². The Morgan fingerprint density at radius 2 is 1.93 bits per heavy atom. The average Bonchev–Trinajstić information content (AvgIpc) is 2.83. The number of benzene rings is 1. The number of hydrogen-bond donors (Lipinski definition) is 0. The van der Waals surface area contributed by atoms with Crippen LogP contribution in [0, 0.1) is 5.92 Å². The molecule has 0 unspecified atom stereocenters. The fourth-order valence-corrected chi connectivity index (χ4v) is 3.77. The van der Waals surface area contributed by atoms with Crippen LogP contribution in [0.25, 0.3) is 0 Å². The van der Waals surface area contributed by atoms with E-state index in [1.807, 2.05) is 30.3 Å². The fourth-order valence-electron chi connectivity index (χ4n) is 2.23. The van der Waals surface area contributed by atoms with Crippen molar-refractivity contribution in [2.24, 2.45) is 5.92 Å². The van der Waals surface area contributed by atoms with E-state index in [-0.39, 0.29) is 5.97 Å². The molecule has 0 heterocycles. The molecule has 0 spiro atoms. The molecule has 0 saturated heterocycles. The van der Waals surface area contributed by atoms with Crippen LogP contribution in [0.3, 0.4) is 0 Å². The summed E-state index contributed by atoms with van der Waals surface area (Å²) in [7, 11) is 1.46. The lowest BCUT2D eigenvalue weighted by atomic mass is 9.94. The molecule has 0 N–H and O–H groups in total. The van der Waals surface area contributed by atoms with Crippen molar-refractivity contribution in [3.8, 4) is 0 Å². The molecule has 80 valence electrons. The Morgan fingerprint density at radius 3 is 2.33 bits per heavy atom. The maximum atomic E-state index is 11.9. The highest BCUT2D eigenvalue weighted by molar-refractivity contribution is 14.1. The number of carbonyl (C=O) groups is 1. The summed E-state index contributed by atoms with van der Waals surface area (Å²) in [6.45, 7) is 2.10. The van der Waals surface area contributed by atoms with Gasteiger partial charge in [0.25, 0.3) is 0 Å². The van der Waals surface area contributed by atoms with Crippen molar-refractivity contribution in [3.05, 3.63) is 35.9 Å². The molecule has 1 aromatic rings. The van der Waals surface area contributed by atoms with E-state index in [1.54, 1.807) is 0 Å². The quantitative estimate of drug-likeness (QED) is 0.476. The topological polar surface area (TPSA) is 26.3 Å². The van der Waals surface area contributed by atoms with Gasteiger partial charge in [0.1, 0.15) is 5.41 Å². The van der Waals surface area contributed by atoms with Crippen molar-refractivity contribution < 1.29 is 9.53 Å². The summed E-state index contributed by atoms with van der Waals surface area (Å²) in [4.78, 5) is 11.9. The van der Waals surface area contributed by atoms with Crippen LogP contribution in [0.15, 0.2) is 30.3 Å². The van der Waals surface area contributed by atoms with Crippen LogP contribution in [-0.2, 0) is 14.9 Å². The molecular formula is C12H13IO2. The van der Waals surface area contributed by atoms with E-state index in [0.717, 1.165) is 5.56 Å². The van der Waals surface area contributed by atoms with E-state index in [1.165, 1.54) is 7.11 Å². The van der Waals surface area contributed by atoms with Crippen molar-refractivity contribution >= 4 is 28.6 Å².